The SMILES string of the molecule is NCCN1C(=O)OC(Cc2ccccc2Cl)C1=O. The number of imide groups is 1. The summed E-state index contributed by atoms with van der Waals surface area (Å²) in [5, 5.41) is 0.554. The molecular weight excluding hydrogens is 256 g/mol. The van der Waals surface area contributed by atoms with Gasteiger partial charge in [0.05, 0.1) is 0 Å². The van der Waals surface area contributed by atoms with Gasteiger partial charge in [0.1, 0.15) is 0 Å². The Bertz CT molecular complexity index is 478. The zero-order chi connectivity index (χ0) is 13.1. The van der Waals surface area contributed by atoms with Crippen molar-refractivity contribution in [3.63, 3.8) is 0 Å². The molecule has 1 heterocycles. The lowest BCUT2D eigenvalue weighted by molar-refractivity contribution is -0.129. The average Bonchev–Trinajstić information content (AvgIpc) is 2.60. The van der Waals surface area contributed by atoms with Crippen molar-refractivity contribution in [2.24, 2.45) is 5.73 Å². The van der Waals surface area contributed by atoms with Gasteiger partial charge in [0.15, 0.2) is 6.10 Å². The van der Waals surface area contributed by atoms with Crippen molar-refractivity contribution in [1.29, 1.82) is 0 Å². The summed E-state index contributed by atoms with van der Waals surface area (Å²) in [6, 6.07) is 7.15. The number of hydrogen-bond donors (Lipinski definition) is 1. The number of halogens is 1. The highest BCUT2D eigenvalue weighted by Crippen LogP contribution is 2.21. The molecule has 0 spiro atoms. The Morgan fingerprint density at radius 2 is 2.06 bits per heavy atom. The fourth-order valence-electron chi connectivity index (χ4n) is 1.82. The van der Waals surface area contributed by atoms with Crippen LogP contribution in [-0.2, 0) is 16.0 Å². The minimum absolute atomic E-state index is 0.177. The quantitative estimate of drug-likeness (QED) is 0.890. The molecule has 2 N–H and O–H groups in total. The first-order valence-corrected chi connectivity index (χ1v) is 5.96. The van der Waals surface area contributed by atoms with Crippen molar-refractivity contribution in [2.45, 2.75) is 12.5 Å². The molecule has 1 aliphatic heterocycles. The van der Waals surface area contributed by atoms with Crippen LogP contribution in [0.2, 0.25) is 5.02 Å². The minimum atomic E-state index is -0.802. The predicted octanol–water partition coefficient (Wildman–Crippen LogP) is 1.19. The first kappa shape index (κ1) is 12.9. The lowest BCUT2D eigenvalue weighted by Gasteiger charge is -2.09. The van der Waals surface area contributed by atoms with E-state index < -0.39 is 12.2 Å². The first-order chi connectivity index (χ1) is 8.63. The van der Waals surface area contributed by atoms with E-state index in [1.54, 1.807) is 18.2 Å². The van der Waals surface area contributed by atoms with Gasteiger partial charge < -0.3 is 10.5 Å². The van der Waals surface area contributed by atoms with Crippen LogP contribution in [0.4, 0.5) is 4.79 Å². The highest BCUT2D eigenvalue weighted by atomic mass is 35.5. The molecule has 1 atom stereocenters. The third-order valence-corrected chi connectivity index (χ3v) is 3.09. The van der Waals surface area contributed by atoms with E-state index >= 15 is 0 Å². The van der Waals surface area contributed by atoms with Crippen molar-refractivity contribution >= 4 is 23.6 Å². The minimum Gasteiger partial charge on any atom is -0.435 e. The summed E-state index contributed by atoms with van der Waals surface area (Å²) in [6.45, 7) is 0.399. The van der Waals surface area contributed by atoms with E-state index in [-0.39, 0.29) is 25.4 Å². The van der Waals surface area contributed by atoms with E-state index in [0.717, 1.165) is 10.5 Å². The first-order valence-electron chi connectivity index (χ1n) is 5.59. The van der Waals surface area contributed by atoms with Crippen molar-refractivity contribution in [3.05, 3.63) is 34.9 Å². The molecule has 2 amide bonds. The number of rotatable bonds is 4. The van der Waals surface area contributed by atoms with Crippen molar-refractivity contribution in [1.82, 2.24) is 4.90 Å². The van der Waals surface area contributed by atoms with Gasteiger partial charge >= 0.3 is 6.09 Å². The Hall–Kier alpha value is -1.59. The Labute approximate surface area is 109 Å². The van der Waals surface area contributed by atoms with Crippen LogP contribution in [-0.4, -0.2) is 36.1 Å². The number of carbonyl (C=O) groups is 2. The smallest absolute Gasteiger partial charge is 0.417 e. The summed E-state index contributed by atoms with van der Waals surface area (Å²) in [4.78, 5) is 24.4. The number of carbonyl (C=O) groups excluding carboxylic acids is 2. The van der Waals surface area contributed by atoms with Gasteiger partial charge in [-0.15, -0.1) is 0 Å². The van der Waals surface area contributed by atoms with E-state index in [1.165, 1.54) is 0 Å². The Morgan fingerprint density at radius 1 is 1.33 bits per heavy atom. The molecule has 1 fully saturated rings. The largest absolute Gasteiger partial charge is 0.435 e. The molecule has 96 valence electrons. The summed E-state index contributed by atoms with van der Waals surface area (Å²) < 4.78 is 5.02. The molecule has 18 heavy (non-hydrogen) atoms. The molecule has 6 heteroatoms. The fourth-order valence-corrected chi connectivity index (χ4v) is 2.04. The molecule has 1 aliphatic rings. The predicted molar refractivity (Wildman–Crippen MR) is 66.2 cm³/mol. The number of benzene rings is 1. The number of hydrogen-bond acceptors (Lipinski definition) is 4. The Morgan fingerprint density at radius 3 is 2.72 bits per heavy atom. The second kappa shape index (κ2) is 5.37. The summed E-state index contributed by atoms with van der Waals surface area (Å²) in [6.07, 6.45) is -1.16. The molecule has 5 nitrogen and oxygen atoms in total. The van der Waals surface area contributed by atoms with Gasteiger partial charge in [0.25, 0.3) is 5.91 Å². The molecule has 0 aliphatic carbocycles. The third kappa shape index (κ3) is 2.47. The number of ether oxygens (including phenoxy) is 1. The molecule has 0 radical (unpaired) electrons. The van der Waals surface area contributed by atoms with E-state index in [1.807, 2.05) is 6.07 Å². The van der Waals surface area contributed by atoms with Crippen LogP contribution in [0.1, 0.15) is 5.56 Å². The van der Waals surface area contributed by atoms with Crippen LogP contribution in [0.5, 0.6) is 0 Å². The van der Waals surface area contributed by atoms with E-state index in [9.17, 15) is 9.59 Å². The topological polar surface area (TPSA) is 72.6 Å². The molecule has 1 saturated heterocycles. The van der Waals surface area contributed by atoms with Crippen LogP contribution < -0.4 is 5.73 Å². The second-order valence-corrected chi connectivity index (χ2v) is 4.35. The maximum Gasteiger partial charge on any atom is 0.417 e. The third-order valence-electron chi connectivity index (χ3n) is 2.72. The molecular formula is C12H13ClN2O3. The highest BCUT2D eigenvalue weighted by molar-refractivity contribution is 6.31. The highest BCUT2D eigenvalue weighted by Gasteiger charge is 2.40. The lowest BCUT2D eigenvalue weighted by Crippen LogP contribution is -2.36. The molecule has 1 aromatic carbocycles. The summed E-state index contributed by atoms with van der Waals surface area (Å²) in [7, 11) is 0. The van der Waals surface area contributed by atoms with Crippen LogP contribution in [0.25, 0.3) is 0 Å². The number of nitrogens with two attached hydrogens (primary N) is 1. The van der Waals surface area contributed by atoms with Gasteiger partial charge in [-0.25, -0.2) is 9.69 Å². The maximum atomic E-state index is 11.9. The number of amides is 2. The normalized spacial score (nSPS) is 19.2. The zero-order valence-corrected chi connectivity index (χ0v) is 10.4. The van der Waals surface area contributed by atoms with E-state index in [0.29, 0.717) is 5.02 Å². The monoisotopic (exact) mass is 268 g/mol. The Kier molecular flexibility index (Phi) is 3.84. The molecule has 0 saturated carbocycles. The molecule has 0 bridgehead atoms. The standard InChI is InChI=1S/C12H13ClN2O3/c13-9-4-2-1-3-8(9)7-10-11(16)15(6-5-14)12(17)18-10/h1-4,10H,5-7,14H2. The molecule has 1 aromatic rings. The van der Waals surface area contributed by atoms with Gasteiger partial charge in [0.2, 0.25) is 0 Å². The van der Waals surface area contributed by atoms with Crippen molar-refractivity contribution in [3.8, 4) is 0 Å². The molecule has 2 rings (SSSR count). The van der Waals surface area contributed by atoms with E-state index in [2.05, 4.69) is 0 Å². The van der Waals surface area contributed by atoms with Crippen LogP contribution in [0.15, 0.2) is 24.3 Å². The van der Waals surface area contributed by atoms with Gasteiger partial charge in [-0.3, -0.25) is 4.79 Å². The second-order valence-electron chi connectivity index (χ2n) is 3.95. The van der Waals surface area contributed by atoms with Crippen LogP contribution in [0, 0.1) is 0 Å². The molecule has 1 unspecified atom stereocenters. The van der Waals surface area contributed by atoms with Crippen molar-refractivity contribution < 1.29 is 14.3 Å². The summed E-state index contributed by atoms with van der Waals surface area (Å²) in [5.74, 6) is -0.356. The number of cyclic esters (lactones) is 1. The number of nitrogens with zero attached hydrogens (tertiary/aromatic N) is 1. The van der Waals surface area contributed by atoms with Crippen LogP contribution in [0.3, 0.4) is 0 Å². The van der Waals surface area contributed by atoms with Gasteiger partial charge in [-0.05, 0) is 11.6 Å². The molecule has 0 aromatic heterocycles. The Balaban J connectivity index is 2.10. The fraction of sp³-hybridized carbons (Fsp3) is 0.333. The summed E-state index contributed by atoms with van der Waals surface area (Å²) in [5.41, 5.74) is 6.11. The van der Waals surface area contributed by atoms with Crippen LogP contribution >= 0.6 is 11.6 Å². The van der Waals surface area contributed by atoms with E-state index in [4.69, 9.17) is 22.1 Å². The van der Waals surface area contributed by atoms with Gasteiger partial charge in [0, 0.05) is 24.5 Å². The lowest BCUT2D eigenvalue weighted by atomic mass is 10.1. The van der Waals surface area contributed by atoms with Gasteiger partial charge in [-0.1, -0.05) is 29.8 Å². The van der Waals surface area contributed by atoms with Crippen molar-refractivity contribution in [2.75, 3.05) is 13.1 Å². The summed E-state index contributed by atoms with van der Waals surface area (Å²) >= 11 is 6.00. The van der Waals surface area contributed by atoms with Gasteiger partial charge in [-0.2, -0.15) is 0 Å². The average molecular weight is 269 g/mol. The zero-order valence-electron chi connectivity index (χ0n) is 9.64. The maximum absolute atomic E-state index is 11.9.